The van der Waals surface area contributed by atoms with Crippen molar-refractivity contribution in [3.05, 3.63) is 29.8 Å². The fraction of sp³-hybridized carbons (Fsp3) is 0.632. The number of carbonyl (C=O) groups is 1. The van der Waals surface area contributed by atoms with Crippen molar-refractivity contribution in [3.8, 4) is 0 Å². The van der Waals surface area contributed by atoms with E-state index in [0.717, 1.165) is 25.7 Å². The molecule has 0 radical (unpaired) electrons. The van der Waals surface area contributed by atoms with E-state index in [-0.39, 0.29) is 29.0 Å². The number of methoxy groups -OCH3 is 1. The highest BCUT2D eigenvalue weighted by molar-refractivity contribution is 7.89. The van der Waals surface area contributed by atoms with E-state index in [4.69, 9.17) is 9.47 Å². The van der Waals surface area contributed by atoms with E-state index in [2.05, 4.69) is 0 Å². The van der Waals surface area contributed by atoms with Crippen molar-refractivity contribution < 1.29 is 22.7 Å². The molecule has 1 aromatic carbocycles. The molecular formula is C19H26N2O5S. The second kappa shape index (κ2) is 7.50. The first-order valence-corrected chi connectivity index (χ1v) is 11.0. The summed E-state index contributed by atoms with van der Waals surface area (Å²) in [5, 5.41) is 0. The summed E-state index contributed by atoms with van der Waals surface area (Å²) in [5.41, 5.74) is 0.545. The maximum absolute atomic E-state index is 13.0. The smallest absolute Gasteiger partial charge is 0.254 e. The Labute approximate surface area is 160 Å². The van der Waals surface area contributed by atoms with Gasteiger partial charge in [-0.05, 0) is 49.9 Å². The average Bonchev–Trinajstić information content (AvgIpc) is 2.97. The lowest BCUT2D eigenvalue weighted by Gasteiger charge is -2.38. The minimum Gasteiger partial charge on any atom is -0.381 e. The molecule has 1 aromatic rings. The number of morpholine rings is 1. The lowest BCUT2D eigenvalue weighted by Crippen LogP contribution is -2.48. The van der Waals surface area contributed by atoms with Crippen LogP contribution in [-0.4, -0.2) is 75.1 Å². The average molecular weight is 394 g/mol. The second-order valence-corrected chi connectivity index (χ2v) is 9.41. The summed E-state index contributed by atoms with van der Waals surface area (Å²) in [6.45, 7) is 1.55. The number of ether oxygens (including phenoxy) is 2. The van der Waals surface area contributed by atoms with E-state index < -0.39 is 10.0 Å². The number of amides is 1. The van der Waals surface area contributed by atoms with Crippen molar-refractivity contribution in [1.29, 1.82) is 0 Å². The van der Waals surface area contributed by atoms with E-state index in [9.17, 15) is 13.2 Å². The molecule has 3 saturated heterocycles. The Hall–Kier alpha value is -1.48. The lowest BCUT2D eigenvalue weighted by atomic mass is 9.98. The van der Waals surface area contributed by atoms with Crippen LogP contribution in [-0.2, 0) is 19.5 Å². The zero-order chi connectivity index (χ0) is 19.0. The minimum absolute atomic E-state index is 0.00706. The largest absolute Gasteiger partial charge is 0.381 e. The maximum atomic E-state index is 13.0. The molecule has 0 saturated carbocycles. The Balaban J connectivity index is 1.50. The third-order valence-corrected chi connectivity index (χ3v) is 7.88. The van der Waals surface area contributed by atoms with Crippen LogP contribution in [0.25, 0.3) is 0 Å². The molecule has 7 nitrogen and oxygen atoms in total. The molecule has 4 rings (SSSR count). The van der Waals surface area contributed by atoms with E-state index in [1.54, 1.807) is 31.4 Å². The van der Waals surface area contributed by atoms with Crippen molar-refractivity contribution in [2.45, 2.75) is 48.8 Å². The second-order valence-electron chi connectivity index (χ2n) is 7.47. The van der Waals surface area contributed by atoms with Gasteiger partial charge in [0.1, 0.15) is 0 Å². The SMILES string of the molecule is COC1CC2CCC(C1)N2C(=O)c1ccc(S(=O)(=O)N2CCOCC2)cc1. The van der Waals surface area contributed by atoms with Gasteiger partial charge < -0.3 is 14.4 Å². The van der Waals surface area contributed by atoms with Gasteiger partial charge in [-0.25, -0.2) is 8.42 Å². The first-order valence-electron chi connectivity index (χ1n) is 9.54. The van der Waals surface area contributed by atoms with E-state index in [0.29, 0.717) is 31.9 Å². The fourth-order valence-electron chi connectivity index (χ4n) is 4.51. The van der Waals surface area contributed by atoms with E-state index >= 15 is 0 Å². The Morgan fingerprint density at radius 1 is 1.07 bits per heavy atom. The van der Waals surface area contributed by atoms with Gasteiger partial charge in [-0.2, -0.15) is 4.31 Å². The van der Waals surface area contributed by atoms with Crippen molar-refractivity contribution >= 4 is 15.9 Å². The summed E-state index contributed by atoms with van der Waals surface area (Å²) in [7, 11) is -1.81. The summed E-state index contributed by atoms with van der Waals surface area (Å²) in [6.07, 6.45) is 4.01. The summed E-state index contributed by atoms with van der Waals surface area (Å²) in [5.74, 6) is -0.00706. The summed E-state index contributed by atoms with van der Waals surface area (Å²) >= 11 is 0. The molecule has 27 heavy (non-hydrogen) atoms. The number of benzene rings is 1. The molecule has 8 heteroatoms. The van der Waals surface area contributed by atoms with Crippen LogP contribution in [0, 0.1) is 0 Å². The summed E-state index contributed by atoms with van der Waals surface area (Å²) in [4.78, 5) is 15.2. The number of sulfonamides is 1. The zero-order valence-corrected chi connectivity index (χ0v) is 16.4. The van der Waals surface area contributed by atoms with E-state index in [1.807, 2.05) is 4.90 Å². The van der Waals surface area contributed by atoms with Crippen molar-refractivity contribution in [2.24, 2.45) is 0 Å². The molecule has 3 aliphatic rings. The topological polar surface area (TPSA) is 76.2 Å². The third-order valence-electron chi connectivity index (χ3n) is 5.97. The molecule has 1 amide bonds. The van der Waals surface area contributed by atoms with Crippen LogP contribution in [0.5, 0.6) is 0 Å². The fourth-order valence-corrected chi connectivity index (χ4v) is 5.91. The quantitative estimate of drug-likeness (QED) is 0.773. The number of piperidine rings is 1. The molecule has 0 N–H and O–H groups in total. The number of carbonyl (C=O) groups excluding carboxylic acids is 1. The highest BCUT2D eigenvalue weighted by atomic mass is 32.2. The van der Waals surface area contributed by atoms with Gasteiger partial charge in [0.2, 0.25) is 10.0 Å². The molecular weight excluding hydrogens is 368 g/mol. The number of fused-ring (bicyclic) bond motifs is 2. The molecule has 0 spiro atoms. The molecule has 2 atom stereocenters. The predicted octanol–water partition coefficient (Wildman–Crippen LogP) is 1.49. The van der Waals surface area contributed by atoms with Crippen LogP contribution < -0.4 is 0 Å². The molecule has 2 bridgehead atoms. The number of hydrogen-bond acceptors (Lipinski definition) is 5. The van der Waals surface area contributed by atoms with Crippen LogP contribution in [0.3, 0.4) is 0 Å². The van der Waals surface area contributed by atoms with E-state index in [1.165, 1.54) is 4.31 Å². The molecule has 148 valence electrons. The first kappa shape index (κ1) is 18.9. The van der Waals surface area contributed by atoms with Crippen LogP contribution in [0.1, 0.15) is 36.0 Å². The predicted molar refractivity (Wildman–Crippen MR) is 99.0 cm³/mol. The van der Waals surface area contributed by atoms with Gasteiger partial charge in [-0.3, -0.25) is 4.79 Å². The van der Waals surface area contributed by atoms with Crippen LogP contribution in [0.2, 0.25) is 0 Å². The Morgan fingerprint density at radius 3 is 2.22 bits per heavy atom. The van der Waals surface area contributed by atoms with Gasteiger partial charge in [0.15, 0.2) is 0 Å². The summed E-state index contributed by atoms with van der Waals surface area (Å²) < 4.78 is 37.6. The van der Waals surface area contributed by atoms with Gasteiger partial charge >= 0.3 is 0 Å². The molecule has 0 aromatic heterocycles. The summed E-state index contributed by atoms with van der Waals surface area (Å²) in [6, 6.07) is 6.80. The molecule has 3 fully saturated rings. The highest BCUT2D eigenvalue weighted by Crippen LogP contribution is 2.37. The first-order chi connectivity index (χ1) is 13.0. The molecule has 2 unspecified atom stereocenters. The van der Waals surface area contributed by atoms with Gasteiger partial charge in [0.25, 0.3) is 5.91 Å². The normalized spacial score (nSPS) is 29.1. The van der Waals surface area contributed by atoms with Crippen molar-refractivity contribution in [3.63, 3.8) is 0 Å². The molecule has 3 aliphatic heterocycles. The van der Waals surface area contributed by atoms with Crippen molar-refractivity contribution in [1.82, 2.24) is 9.21 Å². The molecule has 3 heterocycles. The van der Waals surface area contributed by atoms with Crippen LogP contribution in [0.15, 0.2) is 29.2 Å². The lowest BCUT2D eigenvalue weighted by molar-refractivity contribution is 0.00822. The number of rotatable bonds is 4. The Morgan fingerprint density at radius 2 is 1.67 bits per heavy atom. The van der Waals surface area contributed by atoms with Gasteiger partial charge in [0.05, 0.1) is 24.2 Å². The number of hydrogen-bond donors (Lipinski definition) is 0. The Kier molecular flexibility index (Phi) is 5.24. The number of nitrogens with zero attached hydrogens (tertiary/aromatic N) is 2. The third kappa shape index (κ3) is 3.51. The standard InChI is InChI=1S/C19H26N2O5S/c1-25-17-12-15-4-5-16(13-17)21(15)19(22)14-2-6-18(7-3-14)27(23,24)20-8-10-26-11-9-20/h2-3,6-7,15-17H,4-5,8-13H2,1H3. The molecule has 0 aliphatic carbocycles. The van der Waals surface area contributed by atoms with Crippen LogP contribution >= 0.6 is 0 Å². The van der Waals surface area contributed by atoms with Crippen molar-refractivity contribution in [2.75, 3.05) is 33.4 Å². The van der Waals surface area contributed by atoms with Gasteiger partial charge in [-0.1, -0.05) is 0 Å². The zero-order valence-electron chi connectivity index (χ0n) is 15.5. The highest BCUT2D eigenvalue weighted by Gasteiger charge is 2.43. The maximum Gasteiger partial charge on any atom is 0.254 e. The van der Waals surface area contributed by atoms with Gasteiger partial charge in [-0.15, -0.1) is 0 Å². The minimum atomic E-state index is -3.54. The Bertz CT molecular complexity index is 775. The van der Waals surface area contributed by atoms with Gasteiger partial charge in [0, 0.05) is 37.8 Å². The monoisotopic (exact) mass is 394 g/mol. The van der Waals surface area contributed by atoms with Crippen LogP contribution in [0.4, 0.5) is 0 Å².